The van der Waals surface area contributed by atoms with E-state index in [4.69, 9.17) is 0 Å². The maximum Gasteiger partial charge on any atom is 0.673 e. The van der Waals surface area contributed by atoms with Gasteiger partial charge in [0, 0.05) is 12.1 Å². The Morgan fingerprint density at radius 3 is 2.00 bits per heavy atom. The number of hydrogen-bond donors (Lipinski definition) is 0. The van der Waals surface area contributed by atoms with Gasteiger partial charge in [-0.25, -0.2) is 4.39 Å². The highest BCUT2D eigenvalue weighted by Crippen LogP contribution is 2.34. The van der Waals surface area contributed by atoms with Crippen LogP contribution in [0.3, 0.4) is 0 Å². The first-order chi connectivity index (χ1) is 8.46. The van der Waals surface area contributed by atoms with Gasteiger partial charge < -0.3 is 17.3 Å². The molecule has 0 saturated carbocycles. The van der Waals surface area contributed by atoms with Crippen molar-refractivity contribution in [2.75, 3.05) is 0 Å². The van der Waals surface area contributed by atoms with Crippen molar-refractivity contribution in [1.29, 1.82) is 0 Å². The second-order valence-corrected chi connectivity index (χ2v) is 3.31. The lowest BCUT2D eigenvalue weighted by Gasteiger charge is -2.10. The molecule has 1 nitrogen and oxygen atoms in total. The van der Waals surface area contributed by atoms with Gasteiger partial charge in [-0.1, -0.05) is 0 Å². The van der Waals surface area contributed by atoms with Gasteiger partial charge in [-0.3, -0.25) is 0 Å². The lowest BCUT2D eigenvalue weighted by atomic mass is 10.2. The first-order valence-electron chi connectivity index (χ1n) is 5.03. The largest absolute Gasteiger partial charge is 0.673 e. The molecule has 0 amide bonds. The second-order valence-electron chi connectivity index (χ2n) is 3.31. The number of halogens is 8. The lowest BCUT2D eigenvalue weighted by Crippen LogP contribution is -2.40. The van der Waals surface area contributed by atoms with Crippen molar-refractivity contribution in [1.82, 2.24) is 0 Å². The summed E-state index contributed by atoms with van der Waals surface area (Å²) in [4.78, 5) is 0. The first-order valence-corrected chi connectivity index (χ1v) is 5.03. The number of aromatic nitrogens is 1. The molecule has 1 heterocycles. The van der Waals surface area contributed by atoms with Gasteiger partial charge in [-0.05, 0) is 13.0 Å². The monoisotopic (exact) mass is 295 g/mol. The molecule has 0 radical (unpaired) electrons. The van der Waals surface area contributed by atoms with E-state index >= 15 is 0 Å². The van der Waals surface area contributed by atoms with E-state index in [9.17, 15) is 34.8 Å². The van der Waals surface area contributed by atoms with Gasteiger partial charge in [-0.15, -0.1) is 0 Å². The van der Waals surface area contributed by atoms with Gasteiger partial charge >= 0.3 is 13.4 Å². The zero-order valence-electron chi connectivity index (χ0n) is 9.64. The van der Waals surface area contributed by atoms with E-state index in [1.807, 2.05) is 0 Å². The standard InChI is InChI=1S/C9H10F4N.BF4/c1-2-14-6-4-3-5-7(14)8(10)9(11,12)13;2-1(3,4)5/h3-6,8H,2H2,1H3;/q+1;-1. The van der Waals surface area contributed by atoms with Crippen molar-refractivity contribution in [3.8, 4) is 0 Å². The van der Waals surface area contributed by atoms with Crippen molar-refractivity contribution in [3.05, 3.63) is 30.1 Å². The zero-order chi connectivity index (χ0) is 15.3. The Balaban J connectivity index is 0.000000555. The van der Waals surface area contributed by atoms with Gasteiger partial charge in [0.15, 0.2) is 6.20 Å². The van der Waals surface area contributed by atoms with Crippen LogP contribution in [0.4, 0.5) is 34.8 Å². The summed E-state index contributed by atoms with van der Waals surface area (Å²) in [7, 11) is -6.00. The van der Waals surface area contributed by atoms with E-state index in [0.29, 0.717) is 6.54 Å². The summed E-state index contributed by atoms with van der Waals surface area (Å²) in [6.45, 7) is 1.97. The summed E-state index contributed by atoms with van der Waals surface area (Å²) < 4.78 is 89.4. The SMILES string of the molecule is CC[n+]1ccccc1C(F)C(F)(F)F.F[B-](F)(F)F. The predicted molar refractivity (Wildman–Crippen MR) is 52.4 cm³/mol. The number of nitrogens with zero attached hydrogens (tertiary/aromatic N) is 1. The molecule has 110 valence electrons. The van der Waals surface area contributed by atoms with E-state index in [1.165, 1.54) is 16.8 Å². The number of pyridine rings is 1. The fourth-order valence-electron chi connectivity index (χ4n) is 1.18. The Kier molecular flexibility index (Phi) is 6.24. The molecule has 10 heteroatoms. The molecule has 1 aromatic heterocycles. The quantitative estimate of drug-likeness (QED) is 0.443. The normalized spacial score (nSPS) is 13.5. The highest BCUT2D eigenvalue weighted by Gasteiger charge is 2.46. The van der Waals surface area contributed by atoms with Crippen LogP contribution in [0, 0.1) is 0 Å². The molecule has 0 aliphatic carbocycles. The maximum absolute atomic E-state index is 12.9. The molecule has 0 aromatic carbocycles. The Bertz CT molecular complexity index is 383. The summed E-state index contributed by atoms with van der Waals surface area (Å²) in [5, 5.41) is 0. The van der Waals surface area contributed by atoms with Crippen LogP contribution < -0.4 is 4.57 Å². The van der Waals surface area contributed by atoms with Gasteiger partial charge in [0.25, 0.3) is 6.17 Å². The molecule has 0 spiro atoms. The molecule has 0 N–H and O–H groups in total. The van der Waals surface area contributed by atoms with Crippen LogP contribution in [0.5, 0.6) is 0 Å². The zero-order valence-corrected chi connectivity index (χ0v) is 9.64. The molecule has 1 rings (SSSR count). The van der Waals surface area contributed by atoms with E-state index in [2.05, 4.69) is 0 Å². The fourth-order valence-corrected chi connectivity index (χ4v) is 1.18. The number of aryl methyl sites for hydroxylation is 1. The summed E-state index contributed by atoms with van der Waals surface area (Å²) >= 11 is 0. The molecule has 0 aliphatic heterocycles. The van der Waals surface area contributed by atoms with Crippen LogP contribution in [0.15, 0.2) is 24.4 Å². The summed E-state index contributed by atoms with van der Waals surface area (Å²) in [6.07, 6.45) is -6.32. The van der Waals surface area contributed by atoms with Crippen LogP contribution in [-0.2, 0) is 6.54 Å². The van der Waals surface area contributed by atoms with Crippen LogP contribution in [0.2, 0.25) is 0 Å². The Hall–Kier alpha value is -1.35. The Labute approximate surface area is 104 Å². The van der Waals surface area contributed by atoms with Crippen molar-refractivity contribution < 1.29 is 39.4 Å². The van der Waals surface area contributed by atoms with Gasteiger partial charge in [0.05, 0.1) is 0 Å². The van der Waals surface area contributed by atoms with Crippen molar-refractivity contribution in [3.63, 3.8) is 0 Å². The molecule has 0 aliphatic rings. The van der Waals surface area contributed by atoms with Crippen LogP contribution in [0.1, 0.15) is 18.8 Å². The minimum absolute atomic E-state index is 0.312. The second kappa shape index (κ2) is 6.71. The number of rotatable bonds is 2. The minimum atomic E-state index is -6.00. The Morgan fingerprint density at radius 2 is 1.63 bits per heavy atom. The number of alkyl halides is 4. The highest BCUT2D eigenvalue weighted by molar-refractivity contribution is 6.50. The molecule has 0 bridgehead atoms. The van der Waals surface area contributed by atoms with E-state index in [0.717, 1.165) is 6.07 Å². The third-order valence-electron chi connectivity index (χ3n) is 1.86. The summed E-state index contributed by atoms with van der Waals surface area (Å²) in [5.41, 5.74) is -0.359. The molecule has 1 aromatic rings. The van der Waals surface area contributed by atoms with Gasteiger partial charge in [-0.2, -0.15) is 17.7 Å². The molecule has 1 atom stereocenters. The van der Waals surface area contributed by atoms with Crippen molar-refractivity contribution >= 4 is 7.25 Å². The molecule has 1 unspecified atom stereocenters. The Morgan fingerprint density at radius 1 is 1.16 bits per heavy atom. The summed E-state index contributed by atoms with van der Waals surface area (Å²) in [5.74, 6) is 0. The van der Waals surface area contributed by atoms with Crippen LogP contribution >= 0.6 is 0 Å². The topological polar surface area (TPSA) is 3.88 Å². The molecular formula is C9H10BF8N. The predicted octanol–water partition coefficient (Wildman–Crippen LogP) is 3.87. The van der Waals surface area contributed by atoms with E-state index in [1.54, 1.807) is 13.0 Å². The smallest absolute Gasteiger partial charge is 0.418 e. The number of hydrogen-bond acceptors (Lipinski definition) is 0. The average Bonchev–Trinajstić information content (AvgIpc) is 2.24. The van der Waals surface area contributed by atoms with E-state index in [-0.39, 0.29) is 5.69 Å². The molecule has 0 fully saturated rings. The first kappa shape index (κ1) is 17.7. The third kappa shape index (κ3) is 7.63. The van der Waals surface area contributed by atoms with Crippen molar-refractivity contribution in [2.45, 2.75) is 25.8 Å². The third-order valence-corrected chi connectivity index (χ3v) is 1.86. The van der Waals surface area contributed by atoms with Crippen molar-refractivity contribution in [2.24, 2.45) is 0 Å². The highest BCUT2D eigenvalue weighted by atomic mass is 19.5. The van der Waals surface area contributed by atoms with Gasteiger partial charge in [0.1, 0.15) is 6.54 Å². The van der Waals surface area contributed by atoms with E-state index < -0.39 is 19.6 Å². The minimum Gasteiger partial charge on any atom is -0.418 e. The molecule has 19 heavy (non-hydrogen) atoms. The summed E-state index contributed by atoms with van der Waals surface area (Å²) in [6, 6.07) is 4.09. The average molecular weight is 295 g/mol. The molecular weight excluding hydrogens is 285 g/mol. The fraction of sp³-hybridized carbons (Fsp3) is 0.444. The lowest BCUT2D eigenvalue weighted by molar-refractivity contribution is -0.705. The van der Waals surface area contributed by atoms with Crippen LogP contribution in [0.25, 0.3) is 0 Å². The van der Waals surface area contributed by atoms with Crippen LogP contribution in [-0.4, -0.2) is 13.4 Å². The maximum atomic E-state index is 12.9. The molecule has 0 saturated heterocycles. The van der Waals surface area contributed by atoms with Gasteiger partial charge in [0.2, 0.25) is 5.69 Å².